The Balaban J connectivity index is 1.17. The molecule has 2 fully saturated rings. The number of likely N-dealkylation sites (tertiary alicyclic amines) is 1. The van der Waals surface area contributed by atoms with E-state index in [4.69, 9.17) is 11.6 Å². The summed E-state index contributed by atoms with van der Waals surface area (Å²) in [7, 11) is 0. The number of nitrogens with one attached hydrogen (secondary N) is 1. The topological polar surface area (TPSA) is 51.7 Å². The Kier molecular flexibility index (Phi) is 10.0. The summed E-state index contributed by atoms with van der Waals surface area (Å²) < 4.78 is 14.4. The molecule has 8 heteroatoms. The van der Waals surface area contributed by atoms with Crippen molar-refractivity contribution in [3.63, 3.8) is 0 Å². The van der Waals surface area contributed by atoms with Crippen molar-refractivity contribution in [1.29, 1.82) is 0 Å². The number of anilines is 1. The van der Waals surface area contributed by atoms with E-state index in [1.165, 1.54) is 6.07 Å². The Hall–Kier alpha value is -3.00. The second-order valence-electron chi connectivity index (χ2n) is 10.9. The zero-order valence-electron chi connectivity index (χ0n) is 23.0. The number of halogens is 2. The number of pyridine rings is 1. The van der Waals surface area contributed by atoms with Gasteiger partial charge in [0.1, 0.15) is 5.82 Å². The van der Waals surface area contributed by atoms with E-state index in [2.05, 4.69) is 31.1 Å². The molecule has 3 heterocycles. The standard InChI is InChI=1S/C32H39ClFN5O/c33-27-7-5-6-25(22-27)13-16-36-32(40)12-11-26-23-37(24-28-8-3-4-15-35-28)17-14-30(26)38-18-20-39(21-19-38)31-10-2-1-9-29(31)34/h1-10,15,22,26,30H,11-14,16-21,23-24H2,(H,36,40)/t26-,30+/m0/s1. The van der Waals surface area contributed by atoms with Crippen molar-refractivity contribution >= 4 is 23.2 Å². The Bertz CT molecular complexity index is 1240. The Morgan fingerprint density at radius 1 is 1.00 bits per heavy atom. The highest BCUT2D eigenvalue weighted by Crippen LogP contribution is 2.29. The maximum Gasteiger partial charge on any atom is 0.220 e. The van der Waals surface area contributed by atoms with Crippen LogP contribution in [-0.2, 0) is 17.8 Å². The summed E-state index contributed by atoms with van der Waals surface area (Å²) in [6.07, 6.45) is 5.04. The molecule has 1 aromatic heterocycles. The SMILES string of the molecule is O=C(CC[C@H]1CN(Cc2ccccn2)CC[C@H]1N1CCN(c2ccccc2F)CC1)NCCc1cccc(Cl)c1. The minimum Gasteiger partial charge on any atom is -0.367 e. The summed E-state index contributed by atoms with van der Waals surface area (Å²) in [6.45, 7) is 6.83. The third kappa shape index (κ3) is 7.80. The largest absolute Gasteiger partial charge is 0.367 e. The van der Waals surface area contributed by atoms with Gasteiger partial charge in [-0.1, -0.05) is 41.9 Å². The van der Waals surface area contributed by atoms with Crippen molar-refractivity contribution in [2.24, 2.45) is 5.92 Å². The van der Waals surface area contributed by atoms with Crippen LogP contribution < -0.4 is 10.2 Å². The predicted molar refractivity (Wildman–Crippen MR) is 159 cm³/mol. The van der Waals surface area contributed by atoms with Gasteiger partial charge in [0.15, 0.2) is 0 Å². The van der Waals surface area contributed by atoms with Crippen LogP contribution in [0.1, 0.15) is 30.5 Å². The highest BCUT2D eigenvalue weighted by Gasteiger charge is 2.35. The van der Waals surface area contributed by atoms with E-state index in [9.17, 15) is 9.18 Å². The second-order valence-corrected chi connectivity index (χ2v) is 11.4. The molecule has 0 radical (unpaired) electrons. The molecule has 2 aromatic carbocycles. The van der Waals surface area contributed by atoms with Crippen LogP contribution in [-0.4, -0.2) is 72.5 Å². The number of piperazine rings is 1. The first kappa shape index (κ1) is 28.5. The fourth-order valence-corrected chi connectivity index (χ4v) is 6.38. The number of aromatic nitrogens is 1. The minimum atomic E-state index is -0.155. The Morgan fingerprint density at radius 3 is 2.60 bits per heavy atom. The molecule has 2 atom stereocenters. The quantitative estimate of drug-likeness (QED) is 0.375. The number of carbonyl (C=O) groups is 1. The summed E-state index contributed by atoms with van der Waals surface area (Å²) in [5.74, 6) is 0.334. The van der Waals surface area contributed by atoms with Gasteiger partial charge in [0.25, 0.3) is 0 Å². The number of benzene rings is 2. The van der Waals surface area contributed by atoms with Crippen LogP contribution >= 0.6 is 11.6 Å². The van der Waals surface area contributed by atoms with Crippen molar-refractivity contribution in [1.82, 2.24) is 20.1 Å². The van der Waals surface area contributed by atoms with E-state index in [1.807, 2.05) is 54.7 Å². The van der Waals surface area contributed by atoms with Crippen molar-refractivity contribution in [2.45, 2.75) is 38.3 Å². The first-order chi connectivity index (χ1) is 19.5. The average molecular weight is 564 g/mol. The van der Waals surface area contributed by atoms with Crippen LogP contribution in [0.15, 0.2) is 72.9 Å². The molecule has 1 N–H and O–H groups in total. The fourth-order valence-electron chi connectivity index (χ4n) is 6.17. The molecule has 2 aliphatic heterocycles. The number of nitrogens with zero attached hydrogens (tertiary/aromatic N) is 4. The molecule has 0 unspecified atom stereocenters. The Labute approximate surface area is 242 Å². The molecular weight excluding hydrogens is 525 g/mol. The minimum absolute atomic E-state index is 0.104. The monoisotopic (exact) mass is 563 g/mol. The van der Waals surface area contributed by atoms with E-state index in [1.54, 1.807) is 6.07 Å². The summed E-state index contributed by atoms with van der Waals surface area (Å²) in [5.41, 5.74) is 2.90. The molecular formula is C32H39ClFN5O. The lowest BCUT2D eigenvalue weighted by Crippen LogP contribution is -2.57. The average Bonchev–Trinajstić information content (AvgIpc) is 2.97. The highest BCUT2D eigenvalue weighted by atomic mass is 35.5. The molecule has 40 heavy (non-hydrogen) atoms. The van der Waals surface area contributed by atoms with E-state index in [0.717, 1.165) is 81.4 Å². The fraction of sp³-hybridized carbons (Fsp3) is 0.438. The van der Waals surface area contributed by atoms with Gasteiger partial charge in [-0.2, -0.15) is 0 Å². The van der Waals surface area contributed by atoms with E-state index < -0.39 is 0 Å². The summed E-state index contributed by atoms with van der Waals surface area (Å²) >= 11 is 6.09. The predicted octanol–water partition coefficient (Wildman–Crippen LogP) is 5.03. The summed E-state index contributed by atoms with van der Waals surface area (Å²) in [5, 5.41) is 3.82. The highest BCUT2D eigenvalue weighted by molar-refractivity contribution is 6.30. The number of amides is 1. The maximum atomic E-state index is 14.4. The molecule has 0 bridgehead atoms. The number of piperidine rings is 1. The third-order valence-electron chi connectivity index (χ3n) is 8.23. The van der Waals surface area contributed by atoms with Crippen LogP contribution in [0.3, 0.4) is 0 Å². The molecule has 212 valence electrons. The normalized spacial score (nSPS) is 20.4. The Morgan fingerprint density at radius 2 is 1.82 bits per heavy atom. The van der Waals surface area contributed by atoms with E-state index in [-0.39, 0.29) is 11.7 Å². The van der Waals surface area contributed by atoms with Crippen molar-refractivity contribution in [2.75, 3.05) is 50.7 Å². The van der Waals surface area contributed by atoms with Gasteiger partial charge in [-0.3, -0.25) is 19.6 Å². The van der Waals surface area contributed by atoms with Crippen LogP contribution in [0.5, 0.6) is 0 Å². The molecule has 1 amide bonds. The van der Waals surface area contributed by atoms with Gasteiger partial charge in [-0.25, -0.2) is 4.39 Å². The lowest BCUT2D eigenvalue weighted by molar-refractivity contribution is -0.121. The molecule has 0 spiro atoms. The maximum absolute atomic E-state index is 14.4. The number of rotatable bonds is 10. The zero-order chi connectivity index (χ0) is 27.7. The van der Waals surface area contributed by atoms with Gasteiger partial charge in [-0.05, 0) is 67.1 Å². The summed E-state index contributed by atoms with van der Waals surface area (Å²) in [6, 6.07) is 21.3. The van der Waals surface area contributed by atoms with Crippen LogP contribution in [0, 0.1) is 11.7 Å². The third-order valence-corrected chi connectivity index (χ3v) is 8.47. The van der Waals surface area contributed by atoms with E-state index in [0.29, 0.717) is 30.6 Å². The van der Waals surface area contributed by atoms with Crippen molar-refractivity contribution in [3.8, 4) is 0 Å². The smallest absolute Gasteiger partial charge is 0.220 e. The van der Waals surface area contributed by atoms with Gasteiger partial charge in [0.2, 0.25) is 5.91 Å². The van der Waals surface area contributed by atoms with Crippen LogP contribution in [0.4, 0.5) is 10.1 Å². The molecule has 0 saturated carbocycles. The molecule has 0 aliphatic carbocycles. The molecule has 2 saturated heterocycles. The van der Waals surface area contributed by atoms with Gasteiger partial charge < -0.3 is 10.2 Å². The zero-order valence-corrected chi connectivity index (χ0v) is 23.8. The molecule has 5 rings (SSSR count). The lowest BCUT2D eigenvalue weighted by atomic mass is 9.86. The van der Waals surface area contributed by atoms with Gasteiger partial charge in [-0.15, -0.1) is 0 Å². The number of para-hydroxylation sites is 1. The van der Waals surface area contributed by atoms with Crippen LogP contribution in [0.25, 0.3) is 0 Å². The summed E-state index contributed by atoms with van der Waals surface area (Å²) in [4.78, 5) is 24.6. The molecule has 6 nitrogen and oxygen atoms in total. The van der Waals surface area contributed by atoms with Gasteiger partial charge >= 0.3 is 0 Å². The van der Waals surface area contributed by atoms with Gasteiger partial charge in [0.05, 0.1) is 11.4 Å². The number of carbonyl (C=O) groups excluding carboxylic acids is 1. The first-order valence-electron chi connectivity index (χ1n) is 14.4. The second kappa shape index (κ2) is 14.1. The van der Waals surface area contributed by atoms with Crippen LogP contribution in [0.2, 0.25) is 5.02 Å². The molecule has 2 aliphatic rings. The number of hydrogen-bond acceptors (Lipinski definition) is 5. The van der Waals surface area contributed by atoms with Crippen molar-refractivity contribution < 1.29 is 9.18 Å². The first-order valence-corrected chi connectivity index (χ1v) is 14.8. The van der Waals surface area contributed by atoms with Crippen molar-refractivity contribution in [3.05, 3.63) is 95.0 Å². The number of hydrogen-bond donors (Lipinski definition) is 1. The van der Waals surface area contributed by atoms with E-state index >= 15 is 0 Å². The van der Waals surface area contributed by atoms with Gasteiger partial charge in [0, 0.05) is 76.0 Å². The lowest BCUT2D eigenvalue weighted by Gasteiger charge is -2.47. The molecule has 3 aromatic rings.